The third-order valence-corrected chi connectivity index (χ3v) is 10.2. The van der Waals surface area contributed by atoms with Crippen LogP contribution in [0.25, 0.3) is 74.2 Å². The largest absolute Gasteiger partial charge is 0.497 e. The zero-order chi connectivity index (χ0) is 38.6. The van der Waals surface area contributed by atoms with E-state index in [1.165, 1.54) is 14.2 Å². The van der Waals surface area contributed by atoms with E-state index in [-0.39, 0.29) is 16.9 Å². The number of ether oxygens (including phenoxy) is 3. The Morgan fingerprint density at radius 1 is 0.625 bits per heavy atom. The van der Waals surface area contributed by atoms with Crippen LogP contribution in [-0.2, 0) is 15.1 Å². The van der Waals surface area contributed by atoms with Crippen molar-refractivity contribution in [1.29, 1.82) is 0 Å². The van der Waals surface area contributed by atoms with Crippen molar-refractivity contribution in [2.24, 2.45) is 0 Å². The second-order valence-corrected chi connectivity index (χ2v) is 14.1. The predicted molar refractivity (Wildman–Crippen MR) is 221 cm³/mol. The van der Waals surface area contributed by atoms with E-state index in [0.717, 1.165) is 44.3 Å². The highest BCUT2D eigenvalue weighted by molar-refractivity contribution is 6.34. The molecule has 3 aromatic carbocycles. The first kappa shape index (κ1) is 34.8. The minimum atomic E-state index is -2.17. The van der Waals surface area contributed by atoms with Crippen molar-refractivity contribution < 1.29 is 24.1 Å². The van der Waals surface area contributed by atoms with Gasteiger partial charge in [-0.2, -0.15) is 0 Å². The smallest absolute Gasteiger partial charge is 0.215 e. The molecule has 1 unspecified atom stereocenters. The van der Waals surface area contributed by atoms with E-state index in [1.54, 1.807) is 18.2 Å². The Hall–Kier alpha value is -6.97. The monoisotopic (exact) mass is 738 g/mol. The van der Waals surface area contributed by atoms with Crippen LogP contribution in [0.1, 0.15) is 47.8 Å². The molecule has 0 radical (unpaired) electrons. The molecule has 0 saturated heterocycles. The summed E-state index contributed by atoms with van der Waals surface area (Å²) in [5.74, 6) is 0.275. The normalized spacial score (nSPS) is 16.0. The van der Waals surface area contributed by atoms with E-state index in [2.05, 4.69) is 28.2 Å². The van der Waals surface area contributed by atoms with Crippen molar-refractivity contribution in [2.75, 3.05) is 14.2 Å². The second-order valence-electron chi connectivity index (χ2n) is 14.1. The van der Waals surface area contributed by atoms with Crippen LogP contribution in [-0.4, -0.2) is 51.1 Å². The van der Waals surface area contributed by atoms with E-state index in [1.807, 2.05) is 111 Å². The topological polar surface area (TPSA) is 122 Å². The molecule has 3 N–H and O–H groups in total. The number of hydrogen-bond acceptors (Lipinski definition) is 7. The van der Waals surface area contributed by atoms with Crippen LogP contribution in [0.5, 0.6) is 11.5 Å². The molecule has 5 heterocycles. The lowest BCUT2D eigenvalue weighted by atomic mass is 9.69. The Morgan fingerprint density at radius 2 is 1.14 bits per heavy atom. The first-order valence-electron chi connectivity index (χ1n) is 18.4. The number of aromatic nitrogens is 4. The van der Waals surface area contributed by atoms with Gasteiger partial charge in [0, 0.05) is 44.3 Å². The van der Waals surface area contributed by atoms with Crippen molar-refractivity contribution in [3.05, 3.63) is 149 Å². The van der Waals surface area contributed by atoms with E-state index >= 15 is 0 Å². The Kier molecular flexibility index (Phi) is 8.51. The fourth-order valence-electron chi connectivity index (χ4n) is 7.67. The van der Waals surface area contributed by atoms with Crippen LogP contribution in [0.4, 0.5) is 0 Å². The van der Waals surface area contributed by atoms with Gasteiger partial charge in [-0.3, -0.25) is 4.79 Å². The van der Waals surface area contributed by atoms with Gasteiger partial charge < -0.3 is 29.3 Å². The van der Waals surface area contributed by atoms with E-state index in [9.17, 15) is 9.90 Å². The number of ketones is 1. The molecule has 0 saturated carbocycles. The maximum Gasteiger partial charge on any atom is 0.215 e. The number of Topliss-reactive ketones (excluding diaryl/α,β-unsaturated/α-hetero) is 1. The van der Waals surface area contributed by atoms with Gasteiger partial charge in [-0.15, -0.1) is 0 Å². The quantitative estimate of drug-likeness (QED) is 0.142. The minimum absolute atomic E-state index is 0.0839. The van der Waals surface area contributed by atoms with Crippen LogP contribution in [0.15, 0.2) is 115 Å². The van der Waals surface area contributed by atoms with Crippen LogP contribution in [0.2, 0.25) is 0 Å². The highest BCUT2D eigenvalue weighted by Crippen LogP contribution is 2.53. The van der Waals surface area contributed by atoms with Crippen LogP contribution >= 0.6 is 0 Å². The third-order valence-electron chi connectivity index (χ3n) is 10.2. The molecule has 0 fully saturated rings. The van der Waals surface area contributed by atoms with Crippen molar-refractivity contribution in [1.82, 2.24) is 19.9 Å². The van der Waals surface area contributed by atoms with Crippen LogP contribution in [0.3, 0.4) is 0 Å². The van der Waals surface area contributed by atoms with E-state index in [4.69, 9.17) is 24.2 Å². The Morgan fingerprint density at radius 3 is 1.62 bits per heavy atom. The Labute approximate surface area is 323 Å². The zero-order valence-corrected chi connectivity index (χ0v) is 31.3. The molecule has 9 heteroatoms. The van der Waals surface area contributed by atoms with Gasteiger partial charge in [0.05, 0.1) is 48.7 Å². The van der Waals surface area contributed by atoms with Crippen molar-refractivity contribution in [3.8, 4) is 33.8 Å². The number of methoxy groups -OCH3 is 2. The van der Waals surface area contributed by atoms with Crippen molar-refractivity contribution in [3.63, 3.8) is 0 Å². The second kappa shape index (κ2) is 13.7. The number of benzene rings is 3. The Balaban J connectivity index is 1.43. The summed E-state index contributed by atoms with van der Waals surface area (Å²) in [6, 6.07) is 35.4. The van der Waals surface area contributed by atoms with Gasteiger partial charge in [0.25, 0.3) is 0 Å². The first-order valence-corrected chi connectivity index (χ1v) is 18.4. The molecule has 9 nitrogen and oxygen atoms in total. The number of H-pyrrole nitrogens is 2. The number of fused-ring (bicyclic) bond motifs is 8. The Bertz CT molecular complexity index is 2680. The third kappa shape index (κ3) is 5.72. The molecule has 8 bridgehead atoms. The molecule has 1 aliphatic carbocycles. The number of rotatable bonds is 8. The zero-order valence-electron chi connectivity index (χ0n) is 31.3. The molecule has 2 aliphatic heterocycles. The minimum Gasteiger partial charge on any atom is -0.497 e. The molecule has 3 aliphatic rings. The molecular weight excluding hydrogens is 701 g/mol. The summed E-state index contributed by atoms with van der Waals surface area (Å²) in [4.78, 5) is 32.6. The van der Waals surface area contributed by atoms with Gasteiger partial charge in [0.15, 0.2) is 5.76 Å². The lowest BCUT2D eigenvalue weighted by molar-refractivity contribution is -0.138. The van der Waals surface area contributed by atoms with E-state index in [0.29, 0.717) is 39.8 Å². The van der Waals surface area contributed by atoms with Crippen molar-refractivity contribution in [2.45, 2.75) is 25.6 Å². The van der Waals surface area contributed by atoms with Crippen LogP contribution in [0, 0.1) is 0 Å². The molecule has 3 aromatic heterocycles. The number of carbonyl (C=O) groups excluding carboxylic acids is 1. The predicted octanol–water partition coefficient (Wildman–Crippen LogP) is 9.61. The maximum absolute atomic E-state index is 14.9. The fourth-order valence-corrected chi connectivity index (χ4v) is 7.67. The first-order chi connectivity index (χ1) is 27.3. The number of aliphatic hydroxyl groups is 1. The number of aromatic amines is 2. The number of nitrogens with zero attached hydrogens (tertiary/aromatic N) is 2. The summed E-state index contributed by atoms with van der Waals surface area (Å²) in [5, 5.41) is 12.5. The average molecular weight is 739 g/mol. The van der Waals surface area contributed by atoms with Gasteiger partial charge in [0.1, 0.15) is 11.5 Å². The fraction of sp³-hybridized carbons (Fsp3) is 0.128. The number of nitrogens with one attached hydrogen (secondary N) is 2. The molecule has 0 spiro atoms. The summed E-state index contributed by atoms with van der Waals surface area (Å²) < 4.78 is 17.6. The van der Waals surface area contributed by atoms with Crippen molar-refractivity contribution >= 4 is 57.7 Å². The molecule has 1 atom stereocenters. The standard InChI is InChI=1S/C47H38N4O5/c1-27(2)56-46-44(45(52)47(46,53)33-26-32(54-3)17-24-40(33)55-4)43-38-22-20-36(50-38)41(28-11-7-5-8-12-28)34-18-15-30(48-34)25-31-16-19-35(49-31)42(29-13-9-6-10-14-29)37-21-23-39(43)51-37/h5-27,48-49,53H,1-4H3. The number of hydrogen-bond donors (Lipinski definition) is 3. The summed E-state index contributed by atoms with van der Waals surface area (Å²) in [5.41, 5.74) is 8.33. The average Bonchev–Trinajstić information content (AvgIpc) is 4.07. The van der Waals surface area contributed by atoms with Gasteiger partial charge in [-0.25, -0.2) is 9.97 Å². The van der Waals surface area contributed by atoms with Gasteiger partial charge in [-0.05, 0) is 97.8 Å². The molecule has 276 valence electrons. The summed E-state index contributed by atoms with van der Waals surface area (Å²) in [6.45, 7) is 3.71. The van der Waals surface area contributed by atoms with Gasteiger partial charge in [0.2, 0.25) is 11.4 Å². The summed E-state index contributed by atoms with van der Waals surface area (Å²) >= 11 is 0. The van der Waals surface area contributed by atoms with Gasteiger partial charge in [-0.1, -0.05) is 60.7 Å². The molecule has 9 rings (SSSR count). The lowest BCUT2D eigenvalue weighted by Crippen LogP contribution is -2.49. The summed E-state index contributed by atoms with van der Waals surface area (Å²) in [7, 11) is 3.02. The highest BCUT2D eigenvalue weighted by atomic mass is 16.5. The maximum atomic E-state index is 14.9. The summed E-state index contributed by atoms with van der Waals surface area (Å²) in [6.07, 6.45) is 7.29. The molecular formula is C47H38N4O5. The number of carbonyl (C=O) groups is 1. The SMILES string of the molecule is COc1ccc(OC)c(C2(O)C(=O)C(c3c4nc(c(-c5ccccc5)c5ccc(cc6ccc([nH]6)c(-c6ccccc6)c6nc3C=C6)[nH]5)C=C4)=C2OC(C)C)c1. The molecule has 6 aromatic rings. The highest BCUT2D eigenvalue weighted by Gasteiger charge is 2.59. The molecule has 0 amide bonds. The molecule has 56 heavy (non-hydrogen) atoms. The van der Waals surface area contributed by atoms with E-state index < -0.39 is 17.5 Å². The van der Waals surface area contributed by atoms with Gasteiger partial charge >= 0.3 is 0 Å². The lowest BCUT2D eigenvalue weighted by Gasteiger charge is -2.41. The van der Waals surface area contributed by atoms with Crippen LogP contribution < -0.4 is 9.47 Å².